The van der Waals surface area contributed by atoms with Crippen molar-refractivity contribution in [3.8, 4) is 0 Å². The van der Waals surface area contributed by atoms with Gasteiger partial charge in [0, 0.05) is 12.1 Å². The van der Waals surface area contributed by atoms with E-state index in [1.165, 1.54) is 36.5 Å². The van der Waals surface area contributed by atoms with E-state index in [1.54, 1.807) is 0 Å². The summed E-state index contributed by atoms with van der Waals surface area (Å²) < 4.78 is 0. The van der Waals surface area contributed by atoms with Crippen molar-refractivity contribution in [3.63, 3.8) is 0 Å². The summed E-state index contributed by atoms with van der Waals surface area (Å²) in [6.07, 6.45) is 2.34. The number of rotatable bonds is 3. The first-order valence-electron chi connectivity index (χ1n) is 5.84. The van der Waals surface area contributed by atoms with Crippen molar-refractivity contribution in [2.75, 3.05) is 18.1 Å². The van der Waals surface area contributed by atoms with Crippen LogP contribution in [-0.2, 0) is 0 Å². The van der Waals surface area contributed by atoms with Crippen LogP contribution in [0, 0.1) is 5.92 Å². The maximum atomic E-state index is 11.9. The molecule has 1 amide bonds. The Morgan fingerprint density at radius 2 is 1.94 bits per heavy atom. The number of amides is 1. The summed E-state index contributed by atoms with van der Waals surface area (Å²) in [4.78, 5) is 15.7. The summed E-state index contributed by atoms with van der Waals surface area (Å²) in [5.74, 6) is 2.82. The molecule has 1 aliphatic rings. The van der Waals surface area contributed by atoms with Crippen molar-refractivity contribution < 1.29 is 4.79 Å². The highest BCUT2D eigenvalue weighted by Crippen LogP contribution is 2.22. The average Bonchev–Trinajstić information content (AvgIpc) is 2.36. The van der Waals surface area contributed by atoms with Gasteiger partial charge in [-0.05, 0) is 42.4 Å². The number of thioether (sulfide) groups is 1. The van der Waals surface area contributed by atoms with Gasteiger partial charge in [-0.1, -0.05) is 23.2 Å². The lowest BCUT2D eigenvalue weighted by Gasteiger charge is -2.21. The van der Waals surface area contributed by atoms with E-state index >= 15 is 0 Å². The zero-order chi connectivity index (χ0) is 13.0. The maximum absolute atomic E-state index is 11.9. The molecule has 0 saturated carbocycles. The zero-order valence-corrected chi connectivity index (χ0v) is 12.1. The van der Waals surface area contributed by atoms with Gasteiger partial charge in [0.25, 0.3) is 5.91 Å². The standard InChI is InChI=1S/C12H14Cl2N2OS/c13-10-5-9(6-11(14)16-10)12(17)15-7-8-1-3-18-4-2-8/h5-6,8H,1-4,7H2,(H,15,17). The Hall–Kier alpha value is -0.450. The number of carbonyl (C=O) groups is 1. The van der Waals surface area contributed by atoms with Crippen molar-refractivity contribution in [2.45, 2.75) is 12.8 Å². The Morgan fingerprint density at radius 1 is 1.33 bits per heavy atom. The largest absolute Gasteiger partial charge is 0.352 e. The second-order valence-corrected chi connectivity index (χ2v) is 6.27. The molecule has 0 aliphatic carbocycles. The van der Waals surface area contributed by atoms with E-state index < -0.39 is 0 Å². The van der Waals surface area contributed by atoms with Gasteiger partial charge < -0.3 is 5.32 Å². The molecule has 1 saturated heterocycles. The molecule has 1 fully saturated rings. The molecule has 2 rings (SSSR count). The van der Waals surface area contributed by atoms with E-state index in [4.69, 9.17) is 23.2 Å². The minimum absolute atomic E-state index is 0.139. The van der Waals surface area contributed by atoms with Crippen LogP contribution in [0.4, 0.5) is 0 Å². The molecule has 0 bridgehead atoms. The first kappa shape index (κ1) is 14.0. The van der Waals surface area contributed by atoms with Crippen LogP contribution in [0.15, 0.2) is 12.1 Å². The van der Waals surface area contributed by atoms with Crippen LogP contribution in [0.25, 0.3) is 0 Å². The molecule has 98 valence electrons. The molecule has 0 spiro atoms. The van der Waals surface area contributed by atoms with Crippen LogP contribution >= 0.6 is 35.0 Å². The van der Waals surface area contributed by atoms with Crippen LogP contribution in [0.5, 0.6) is 0 Å². The van der Waals surface area contributed by atoms with Crippen molar-refractivity contribution in [3.05, 3.63) is 28.0 Å². The molecule has 0 atom stereocenters. The summed E-state index contributed by atoms with van der Waals surface area (Å²) in [6, 6.07) is 3.05. The third-order valence-electron chi connectivity index (χ3n) is 2.92. The predicted octanol–water partition coefficient (Wildman–Crippen LogP) is 3.26. The molecule has 1 aliphatic heterocycles. The SMILES string of the molecule is O=C(NCC1CCSCC1)c1cc(Cl)nc(Cl)c1. The highest BCUT2D eigenvalue weighted by atomic mass is 35.5. The van der Waals surface area contributed by atoms with Crippen LogP contribution < -0.4 is 5.32 Å². The lowest BCUT2D eigenvalue weighted by atomic mass is 10.0. The second kappa shape index (κ2) is 6.64. The summed E-state index contributed by atoms with van der Waals surface area (Å²) in [7, 11) is 0. The summed E-state index contributed by atoms with van der Waals surface area (Å²) >= 11 is 13.5. The summed E-state index contributed by atoms with van der Waals surface area (Å²) in [5, 5.41) is 3.41. The third kappa shape index (κ3) is 4.04. The number of carbonyl (C=O) groups excluding carboxylic acids is 1. The smallest absolute Gasteiger partial charge is 0.251 e. The quantitative estimate of drug-likeness (QED) is 0.872. The fourth-order valence-corrected chi connectivity index (χ4v) is 3.55. The van der Waals surface area contributed by atoms with Gasteiger partial charge in [0.15, 0.2) is 0 Å². The van der Waals surface area contributed by atoms with Gasteiger partial charge in [-0.3, -0.25) is 4.79 Å². The Balaban J connectivity index is 1.90. The minimum Gasteiger partial charge on any atom is -0.352 e. The molecule has 0 radical (unpaired) electrons. The number of hydrogen-bond donors (Lipinski definition) is 1. The number of nitrogens with one attached hydrogen (secondary N) is 1. The number of halogens is 2. The second-order valence-electron chi connectivity index (χ2n) is 4.27. The fourth-order valence-electron chi connectivity index (χ4n) is 1.89. The molecule has 6 heteroatoms. The summed E-state index contributed by atoms with van der Waals surface area (Å²) in [6.45, 7) is 0.719. The van der Waals surface area contributed by atoms with Crippen LogP contribution in [-0.4, -0.2) is 28.9 Å². The molecule has 18 heavy (non-hydrogen) atoms. The number of nitrogens with zero attached hydrogens (tertiary/aromatic N) is 1. The van der Waals surface area contributed by atoms with Crippen molar-refractivity contribution in [1.29, 1.82) is 0 Å². The van der Waals surface area contributed by atoms with Gasteiger partial charge in [0.05, 0.1) is 0 Å². The first-order valence-corrected chi connectivity index (χ1v) is 7.75. The van der Waals surface area contributed by atoms with E-state index in [2.05, 4.69) is 10.3 Å². The minimum atomic E-state index is -0.139. The third-order valence-corrected chi connectivity index (χ3v) is 4.35. The molecule has 2 heterocycles. The first-order chi connectivity index (χ1) is 8.65. The zero-order valence-electron chi connectivity index (χ0n) is 9.79. The van der Waals surface area contributed by atoms with Gasteiger partial charge in [0.2, 0.25) is 0 Å². The number of aromatic nitrogens is 1. The van der Waals surface area contributed by atoms with E-state index in [9.17, 15) is 4.79 Å². The van der Waals surface area contributed by atoms with E-state index in [0.29, 0.717) is 11.5 Å². The molecule has 1 aromatic heterocycles. The maximum Gasteiger partial charge on any atom is 0.251 e. The molecular weight excluding hydrogens is 291 g/mol. The monoisotopic (exact) mass is 304 g/mol. The lowest BCUT2D eigenvalue weighted by Crippen LogP contribution is -2.31. The number of hydrogen-bond acceptors (Lipinski definition) is 3. The van der Waals surface area contributed by atoms with E-state index in [-0.39, 0.29) is 16.2 Å². The highest BCUT2D eigenvalue weighted by Gasteiger charge is 2.15. The Labute approximate surface area is 121 Å². The van der Waals surface area contributed by atoms with E-state index in [0.717, 1.165) is 6.54 Å². The molecule has 3 nitrogen and oxygen atoms in total. The molecule has 0 unspecified atom stereocenters. The van der Waals surface area contributed by atoms with Crippen molar-refractivity contribution in [2.24, 2.45) is 5.92 Å². The van der Waals surface area contributed by atoms with Gasteiger partial charge in [0.1, 0.15) is 10.3 Å². The van der Waals surface area contributed by atoms with Crippen LogP contribution in [0.3, 0.4) is 0 Å². The predicted molar refractivity (Wildman–Crippen MR) is 76.6 cm³/mol. The summed E-state index contributed by atoms with van der Waals surface area (Å²) in [5.41, 5.74) is 0.463. The Bertz CT molecular complexity index is 416. The van der Waals surface area contributed by atoms with Gasteiger partial charge in [-0.15, -0.1) is 0 Å². The lowest BCUT2D eigenvalue weighted by molar-refractivity contribution is 0.0946. The molecule has 1 N–H and O–H groups in total. The Kier molecular flexibility index (Phi) is 5.15. The van der Waals surface area contributed by atoms with Gasteiger partial charge >= 0.3 is 0 Å². The van der Waals surface area contributed by atoms with E-state index in [1.807, 2.05) is 11.8 Å². The van der Waals surface area contributed by atoms with Crippen LogP contribution in [0.1, 0.15) is 23.2 Å². The highest BCUT2D eigenvalue weighted by molar-refractivity contribution is 7.99. The number of pyridine rings is 1. The van der Waals surface area contributed by atoms with Crippen molar-refractivity contribution >= 4 is 40.9 Å². The fraction of sp³-hybridized carbons (Fsp3) is 0.500. The molecule has 0 aromatic carbocycles. The van der Waals surface area contributed by atoms with Crippen LogP contribution in [0.2, 0.25) is 10.3 Å². The van der Waals surface area contributed by atoms with Gasteiger partial charge in [-0.25, -0.2) is 4.98 Å². The average molecular weight is 305 g/mol. The Morgan fingerprint density at radius 3 is 2.56 bits per heavy atom. The normalized spacial score (nSPS) is 16.6. The molecule has 1 aromatic rings. The topological polar surface area (TPSA) is 42.0 Å². The molecular formula is C12H14Cl2N2OS. The van der Waals surface area contributed by atoms with Crippen molar-refractivity contribution in [1.82, 2.24) is 10.3 Å². The van der Waals surface area contributed by atoms with Gasteiger partial charge in [-0.2, -0.15) is 11.8 Å².